The molecule has 2 heterocycles. The molecule has 0 unspecified atom stereocenters. The number of rotatable bonds is 6. The van der Waals surface area contributed by atoms with Gasteiger partial charge >= 0.3 is 0 Å². The highest BCUT2D eigenvalue weighted by Crippen LogP contribution is 2.17. The topological polar surface area (TPSA) is 67.1 Å². The molecule has 2 N–H and O–H groups in total. The van der Waals surface area contributed by atoms with E-state index in [9.17, 15) is 0 Å². The molecule has 0 amide bonds. The van der Waals surface area contributed by atoms with Gasteiger partial charge in [-0.1, -0.05) is 0 Å². The fraction of sp³-hybridized carbons (Fsp3) is 0.500. The molecule has 0 aliphatic heterocycles. The summed E-state index contributed by atoms with van der Waals surface area (Å²) in [6.07, 6.45) is 5.55. The zero-order valence-electron chi connectivity index (χ0n) is 13.2. The van der Waals surface area contributed by atoms with Gasteiger partial charge in [0.25, 0.3) is 0 Å². The molecule has 22 heavy (non-hydrogen) atoms. The number of aliphatic imine (C=N–C) groups is 1. The van der Waals surface area contributed by atoms with Gasteiger partial charge in [0.15, 0.2) is 5.96 Å². The van der Waals surface area contributed by atoms with Crippen LogP contribution in [0.5, 0.6) is 0 Å². The van der Waals surface area contributed by atoms with Crippen LogP contribution in [0.15, 0.2) is 23.7 Å². The maximum absolute atomic E-state index is 4.62. The van der Waals surface area contributed by atoms with Crippen molar-refractivity contribution in [3.8, 4) is 0 Å². The Morgan fingerprint density at radius 1 is 1.36 bits per heavy atom. The molecular weight excluding hydrogens is 411 g/mol. The van der Waals surface area contributed by atoms with Crippen molar-refractivity contribution in [2.24, 2.45) is 4.99 Å². The summed E-state index contributed by atoms with van der Waals surface area (Å²) in [5, 5.41) is 7.68. The molecule has 122 valence electrons. The molecular formula is C14H23IN6S. The molecule has 0 radical (unpaired) electrons. The Bertz CT molecular complexity index is 578. The van der Waals surface area contributed by atoms with Crippen molar-refractivity contribution in [1.82, 2.24) is 25.2 Å². The minimum atomic E-state index is 0. The average Bonchev–Trinajstić information content (AvgIpc) is 3.06. The molecule has 0 spiro atoms. The number of hydrogen-bond acceptors (Lipinski definition) is 4. The molecule has 0 atom stereocenters. The van der Waals surface area contributed by atoms with Gasteiger partial charge in [-0.3, -0.25) is 0 Å². The maximum Gasteiger partial charge on any atom is 0.191 e. The molecule has 0 aliphatic carbocycles. The third-order valence-electron chi connectivity index (χ3n) is 2.95. The van der Waals surface area contributed by atoms with E-state index in [0.29, 0.717) is 6.54 Å². The van der Waals surface area contributed by atoms with Gasteiger partial charge in [-0.2, -0.15) is 0 Å². The molecule has 0 aromatic carbocycles. The second-order valence-electron chi connectivity index (χ2n) is 4.66. The normalized spacial score (nSPS) is 11.1. The summed E-state index contributed by atoms with van der Waals surface area (Å²) in [6, 6.07) is 0. The van der Waals surface area contributed by atoms with Crippen LogP contribution >= 0.6 is 35.3 Å². The Labute approximate surface area is 152 Å². The highest BCUT2D eigenvalue weighted by molar-refractivity contribution is 14.0. The number of thiazole rings is 1. The van der Waals surface area contributed by atoms with Crippen LogP contribution in [0.3, 0.4) is 0 Å². The first-order valence-electron chi connectivity index (χ1n) is 7.10. The summed E-state index contributed by atoms with van der Waals surface area (Å²) in [4.78, 5) is 14.3. The molecule has 8 heteroatoms. The molecule has 0 bridgehead atoms. The summed E-state index contributed by atoms with van der Waals surface area (Å²) in [5.74, 6) is 0.836. The molecule has 0 fully saturated rings. The van der Waals surface area contributed by atoms with E-state index in [1.165, 1.54) is 4.88 Å². The Morgan fingerprint density at radius 2 is 2.18 bits per heavy atom. The molecule has 2 aromatic heterocycles. The van der Waals surface area contributed by atoms with Gasteiger partial charge in [0.05, 0.1) is 23.6 Å². The van der Waals surface area contributed by atoms with Crippen LogP contribution in [0.2, 0.25) is 0 Å². The van der Waals surface area contributed by atoms with Crippen LogP contribution < -0.4 is 10.6 Å². The first kappa shape index (κ1) is 18.9. The molecule has 2 rings (SSSR count). The van der Waals surface area contributed by atoms with Gasteiger partial charge in [0, 0.05) is 36.9 Å². The number of aryl methyl sites for hydroxylation is 2. The van der Waals surface area contributed by atoms with Crippen LogP contribution in [0.1, 0.15) is 22.5 Å². The second-order valence-corrected chi connectivity index (χ2v) is 5.95. The summed E-state index contributed by atoms with van der Waals surface area (Å²) < 4.78 is 2.03. The molecule has 0 saturated carbocycles. The molecule has 0 aliphatic rings. The summed E-state index contributed by atoms with van der Waals surface area (Å²) in [6.45, 7) is 9.31. The van der Waals surface area contributed by atoms with E-state index in [2.05, 4.69) is 32.5 Å². The number of aromatic nitrogens is 3. The lowest BCUT2D eigenvalue weighted by atomic mass is 10.4. The van der Waals surface area contributed by atoms with Crippen molar-refractivity contribution in [3.05, 3.63) is 34.3 Å². The van der Waals surface area contributed by atoms with Gasteiger partial charge in [0.2, 0.25) is 0 Å². The summed E-state index contributed by atoms with van der Waals surface area (Å²) in [7, 11) is 0. The third-order valence-corrected chi connectivity index (χ3v) is 4.00. The summed E-state index contributed by atoms with van der Waals surface area (Å²) >= 11 is 1.71. The van der Waals surface area contributed by atoms with E-state index in [1.807, 2.05) is 30.9 Å². The minimum absolute atomic E-state index is 0. The van der Waals surface area contributed by atoms with E-state index in [1.54, 1.807) is 17.5 Å². The smallest absolute Gasteiger partial charge is 0.191 e. The van der Waals surface area contributed by atoms with Crippen LogP contribution in [0.4, 0.5) is 0 Å². The van der Waals surface area contributed by atoms with Gasteiger partial charge in [-0.05, 0) is 20.8 Å². The van der Waals surface area contributed by atoms with Crippen molar-refractivity contribution in [1.29, 1.82) is 0 Å². The fourth-order valence-electron chi connectivity index (χ4n) is 1.94. The lowest BCUT2D eigenvalue weighted by Gasteiger charge is -2.11. The standard InChI is InChI=1S/C14H22N6S.HI/c1-4-16-14(17-6-8-20-7-5-15-10-20)18-9-13-11(2)19-12(3)21-13;/h5,7,10H,4,6,8-9H2,1-3H3,(H2,16,17,18);1H. The first-order chi connectivity index (χ1) is 10.2. The highest BCUT2D eigenvalue weighted by Gasteiger charge is 2.04. The molecule has 6 nitrogen and oxygen atoms in total. The van der Waals surface area contributed by atoms with Gasteiger partial charge < -0.3 is 15.2 Å². The van der Waals surface area contributed by atoms with E-state index >= 15 is 0 Å². The van der Waals surface area contributed by atoms with E-state index < -0.39 is 0 Å². The van der Waals surface area contributed by atoms with Crippen LogP contribution in [0, 0.1) is 13.8 Å². The van der Waals surface area contributed by atoms with Crippen molar-refractivity contribution in [2.75, 3.05) is 13.1 Å². The number of nitrogens with zero attached hydrogens (tertiary/aromatic N) is 4. The number of imidazole rings is 1. The van der Waals surface area contributed by atoms with Crippen molar-refractivity contribution in [3.63, 3.8) is 0 Å². The van der Waals surface area contributed by atoms with Crippen LogP contribution in [0.25, 0.3) is 0 Å². The van der Waals surface area contributed by atoms with Gasteiger partial charge in [0.1, 0.15) is 0 Å². The minimum Gasteiger partial charge on any atom is -0.357 e. The van der Waals surface area contributed by atoms with Crippen LogP contribution in [-0.2, 0) is 13.1 Å². The monoisotopic (exact) mass is 434 g/mol. The van der Waals surface area contributed by atoms with Gasteiger partial charge in [-0.25, -0.2) is 15.0 Å². The zero-order chi connectivity index (χ0) is 15.1. The Kier molecular flexibility index (Phi) is 8.39. The van der Waals surface area contributed by atoms with Crippen molar-refractivity contribution < 1.29 is 0 Å². The van der Waals surface area contributed by atoms with Gasteiger partial charge in [-0.15, -0.1) is 35.3 Å². The maximum atomic E-state index is 4.62. The number of halogens is 1. The molecule has 0 saturated heterocycles. The quantitative estimate of drug-likeness (QED) is 0.416. The molecule has 2 aromatic rings. The fourth-order valence-corrected chi connectivity index (χ4v) is 2.80. The van der Waals surface area contributed by atoms with Crippen molar-refractivity contribution in [2.45, 2.75) is 33.9 Å². The average molecular weight is 434 g/mol. The first-order valence-corrected chi connectivity index (χ1v) is 7.91. The highest BCUT2D eigenvalue weighted by atomic mass is 127. The number of guanidine groups is 1. The Hall–Kier alpha value is -1.16. The largest absolute Gasteiger partial charge is 0.357 e. The number of hydrogen-bond donors (Lipinski definition) is 2. The number of nitrogens with one attached hydrogen (secondary N) is 2. The van der Waals surface area contributed by atoms with E-state index in [4.69, 9.17) is 0 Å². The van der Waals surface area contributed by atoms with Crippen molar-refractivity contribution >= 4 is 41.3 Å². The van der Waals surface area contributed by atoms with E-state index in [-0.39, 0.29) is 24.0 Å². The zero-order valence-corrected chi connectivity index (χ0v) is 16.3. The third kappa shape index (κ3) is 5.91. The van der Waals surface area contributed by atoms with Crippen LogP contribution in [-0.4, -0.2) is 33.6 Å². The van der Waals surface area contributed by atoms with E-state index in [0.717, 1.165) is 36.3 Å². The second kappa shape index (κ2) is 9.78. The Balaban J connectivity index is 0.00000242. The SMILES string of the molecule is CCNC(=NCc1sc(C)nc1C)NCCn1ccnc1.I. The summed E-state index contributed by atoms with van der Waals surface area (Å²) in [5.41, 5.74) is 1.08. The Morgan fingerprint density at radius 3 is 2.77 bits per heavy atom. The predicted molar refractivity (Wildman–Crippen MR) is 102 cm³/mol. The lowest BCUT2D eigenvalue weighted by molar-refractivity contribution is 0.662. The predicted octanol–water partition coefficient (Wildman–Crippen LogP) is 2.33. The lowest BCUT2D eigenvalue weighted by Crippen LogP contribution is -2.38.